The van der Waals surface area contributed by atoms with Crippen LogP contribution in [-0.2, 0) is 9.59 Å². The van der Waals surface area contributed by atoms with Crippen molar-refractivity contribution in [3.05, 3.63) is 59.2 Å². The lowest BCUT2D eigenvalue weighted by atomic mass is 9.94. The van der Waals surface area contributed by atoms with Crippen molar-refractivity contribution in [1.29, 1.82) is 0 Å². The third-order valence-electron chi connectivity index (χ3n) is 6.09. The average Bonchev–Trinajstić information content (AvgIpc) is 3.09. The van der Waals surface area contributed by atoms with Crippen LogP contribution in [-0.4, -0.2) is 55.6 Å². The quantitative estimate of drug-likeness (QED) is 0.207. The third kappa shape index (κ3) is 5.61. The summed E-state index contributed by atoms with van der Waals surface area (Å²) in [6, 6.07) is 12.1. The Hall–Kier alpha value is -3.48. The molecule has 0 bridgehead atoms. The summed E-state index contributed by atoms with van der Waals surface area (Å²) in [5.74, 6) is -0.516. The Morgan fingerprint density at radius 3 is 2.26 bits per heavy atom. The first-order valence-electron chi connectivity index (χ1n) is 12.3. The van der Waals surface area contributed by atoms with E-state index in [2.05, 4.69) is 6.92 Å². The highest BCUT2D eigenvalue weighted by atomic mass is 16.5. The number of aliphatic hydroxyl groups excluding tert-OH is 1. The number of hydrogen-bond acceptors (Lipinski definition) is 6. The summed E-state index contributed by atoms with van der Waals surface area (Å²) in [5, 5.41) is 11.5. The molecule has 0 aromatic heterocycles. The number of unbranched alkanes of at least 4 members (excludes halogenated alkanes) is 2. The van der Waals surface area contributed by atoms with E-state index in [1.807, 2.05) is 57.1 Å². The van der Waals surface area contributed by atoms with Crippen molar-refractivity contribution in [2.24, 2.45) is 0 Å². The van der Waals surface area contributed by atoms with Crippen LogP contribution < -0.4 is 14.4 Å². The Labute approximate surface area is 207 Å². The van der Waals surface area contributed by atoms with E-state index >= 15 is 0 Å². The number of carbonyl (C=O) groups is 2. The van der Waals surface area contributed by atoms with Gasteiger partial charge in [-0.2, -0.15) is 0 Å². The van der Waals surface area contributed by atoms with Gasteiger partial charge in [-0.1, -0.05) is 31.9 Å². The monoisotopic (exact) mass is 480 g/mol. The van der Waals surface area contributed by atoms with Crippen molar-refractivity contribution in [1.82, 2.24) is 4.90 Å². The van der Waals surface area contributed by atoms with Gasteiger partial charge in [0.05, 0.1) is 30.4 Å². The summed E-state index contributed by atoms with van der Waals surface area (Å²) in [4.78, 5) is 30.0. The average molecular weight is 481 g/mol. The van der Waals surface area contributed by atoms with Gasteiger partial charge in [0.1, 0.15) is 17.3 Å². The summed E-state index contributed by atoms with van der Waals surface area (Å²) in [6.07, 6.45) is 2.72. The van der Waals surface area contributed by atoms with Gasteiger partial charge >= 0.3 is 0 Å². The minimum atomic E-state index is -0.683. The number of carbonyl (C=O) groups excluding carboxylic acids is 2. The molecule has 1 unspecified atom stereocenters. The number of aliphatic hydroxyl groups is 1. The molecule has 1 atom stereocenters. The molecule has 3 rings (SSSR count). The van der Waals surface area contributed by atoms with E-state index in [0.717, 1.165) is 30.5 Å². The molecule has 2 aromatic rings. The normalized spacial score (nSPS) is 17.1. The Bertz CT molecular complexity index is 1080. The van der Waals surface area contributed by atoms with Gasteiger partial charge in [-0.05, 0) is 50.1 Å². The molecule has 1 aliphatic rings. The van der Waals surface area contributed by atoms with Crippen LogP contribution in [0.1, 0.15) is 57.2 Å². The molecule has 1 amide bonds. The first-order chi connectivity index (χ1) is 16.8. The molecule has 7 nitrogen and oxygen atoms in total. The van der Waals surface area contributed by atoms with E-state index in [4.69, 9.17) is 9.47 Å². The van der Waals surface area contributed by atoms with Crippen LogP contribution in [0.4, 0.5) is 5.69 Å². The maximum Gasteiger partial charge on any atom is 0.295 e. The van der Waals surface area contributed by atoms with Crippen LogP contribution in [0, 0.1) is 0 Å². The molecule has 0 saturated carbocycles. The number of hydrogen-bond donors (Lipinski definition) is 1. The predicted octanol–water partition coefficient (Wildman–Crippen LogP) is 5.16. The minimum absolute atomic E-state index is 0.0780. The van der Waals surface area contributed by atoms with Crippen molar-refractivity contribution in [2.75, 3.05) is 38.8 Å². The fraction of sp³-hybridized carbons (Fsp3) is 0.429. The number of rotatable bonds is 11. The van der Waals surface area contributed by atoms with Crippen molar-refractivity contribution < 1.29 is 24.2 Å². The van der Waals surface area contributed by atoms with Crippen LogP contribution >= 0.6 is 0 Å². The highest BCUT2D eigenvalue weighted by molar-refractivity contribution is 6.46. The third-order valence-corrected chi connectivity index (χ3v) is 6.09. The van der Waals surface area contributed by atoms with Gasteiger partial charge in [0.25, 0.3) is 11.7 Å². The fourth-order valence-corrected chi connectivity index (χ4v) is 4.32. The number of anilines is 1. The molecular formula is C28H36N2O5. The van der Waals surface area contributed by atoms with E-state index in [9.17, 15) is 14.7 Å². The maximum atomic E-state index is 13.3. The standard InChI is InChI=1S/C28H36N2O5/c1-6-9-10-17-30-25(19-11-13-20(14-12-19)29(4)5)24(27(32)28(30)33)26(31)22-16-15-21(34-7-2)18-23(22)35-8-3/h11-16,18,25,31H,6-10,17H2,1-5H3/b26-24-. The molecule has 188 valence electrons. The SMILES string of the molecule is CCCCCN1C(=O)C(=O)/C(=C(\O)c2ccc(OCC)cc2OCC)C1c1ccc(N(C)C)cc1. The number of benzene rings is 2. The number of ether oxygens (including phenoxy) is 2. The molecule has 2 aromatic carbocycles. The van der Waals surface area contributed by atoms with E-state index in [-0.39, 0.29) is 11.3 Å². The summed E-state index contributed by atoms with van der Waals surface area (Å²) in [5.41, 5.74) is 2.21. The van der Waals surface area contributed by atoms with Crippen LogP contribution in [0.3, 0.4) is 0 Å². The van der Waals surface area contributed by atoms with Crippen LogP contribution in [0.25, 0.3) is 5.76 Å². The van der Waals surface area contributed by atoms with Crippen molar-refractivity contribution >= 4 is 23.1 Å². The van der Waals surface area contributed by atoms with E-state index in [1.165, 1.54) is 0 Å². The molecule has 0 aliphatic carbocycles. The largest absolute Gasteiger partial charge is 0.507 e. The molecule has 0 radical (unpaired) electrons. The second-order valence-corrected chi connectivity index (χ2v) is 8.71. The van der Waals surface area contributed by atoms with E-state index < -0.39 is 17.7 Å². The second-order valence-electron chi connectivity index (χ2n) is 8.71. The zero-order chi connectivity index (χ0) is 25.5. The number of ketones is 1. The zero-order valence-corrected chi connectivity index (χ0v) is 21.3. The van der Waals surface area contributed by atoms with E-state index in [1.54, 1.807) is 23.1 Å². The van der Waals surface area contributed by atoms with Crippen molar-refractivity contribution in [3.63, 3.8) is 0 Å². The van der Waals surface area contributed by atoms with Gasteiger partial charge in [-0.25, -0.2) is 0 Å². The molecule has 35 heavy (non-hydrogen) atoms. The second kappa shape index (κ2) is 11.8. The highest BCUT2D eigenvalue weighted by Gasteiger charge is 2.46. The zero-order valence-electron chi connectivity index (χ0n) is 21.3. The molecule has 1 fully saturated rings. The first kappa shape index (κ1) is 26.1. The number of Topliss-reactive ketones (excluding diaryl/α,β-unsaturated/α-hetero) is 1. The molecule has 7 heteroatoms. The van der Waals surface area contributed by atoms with Gasteiger partial charge in [-0.3, -0.25) is 9.59 Å². The topological polar surface area (TPSA) is 79.3 Å². The molecule has 1 aliphatic heterocycles. The molecule has 1 N–H and O–H groups in total. The number of likely N-dealkylation sites (tertiary alicyclic amines) is 1. The number of amides is 1. The minimum Gasteiger partial charge on any atom is -0.507 e. The van der Waals surface area contributed by atoms with Crippen molar-refractivity contribution in [3.8, 4) is 11.5 Å². The molecule has 1 heterocycles. The van der Waals surface area contributed by atoms with Gasteiger partial charge in [0, 0.05) is 32.4 Å². The van der Waals surface area contributed by atoms with Crippen molar-refractivity contribution in [2.45, 2.75) is 46.1 Å². The Morgan fingerprint density at radius 2 is 1.66 bits per heavy atom. The molecular weight excluding hydrogens is 444 g/mol. The lowest BCUT2D eigenvalue weighted by Gasteiger charge is -2.26. The molecule has 1 saturated heterocycles. The maximum absolute atomic E-state index is 13.3. The number of nitrogens with zero attached hydrogens (tertiary/aromatic N) is 2. The van der Waals surface area contributed by atoms with Gasteiger partial charge in [0.2, 0.25) is 0 Å². The van der Waals surface area contributed by atoms with E-state index in [0.29, 0.717) is 36.8 Å². The van der Waals surface area contributed by atoms with Crippen LogP contribution in [0.15, 0.2) is 48.0 Å². The Morgan fingerprint density at radius 1 is 0.971 bits per heavy atom. The van der Waals surface area contributed by atoms with Crippen LogP contribution in [0.2, 0.25) is 0 Å². The lowest BCUT2D eigenvalue weighted by Crippen LogP contribution is -2.30. The summed E-state index contributed by atoms with van der Waals surface area (Å²) in [6.45, 7) is 7.12. The van der Waals surface area contributed by atoms with Gasteiger partial charge in [0.15, 0.2) is 0 Å². The summed E-state index contributed by atoms with van der Waals surface area (Å²) >= 11 is 0. The van der Waals surface area contributed by atoms with Crippen LogP contribution in [0.5, 0.6) is 11.5 Å². The summed E-state index contributed by atoms with van der Waals surface area (Å²) < 4.78 is 11.3. The fourth-order valence-electron chi connectivity index (χ4n) is 4.32. The predicted molar refractivity (Wildman–Crippen MR) is 138 cm³/mol. The first-order valence-corrected chi connectivity index (χ1v) is 12.3. The van der Waals surface area contributed by atoms with Gasteiger partial charge < -0.3 is 24.4 Å². The Balaban J connectivity index is 2.15. The lowest BCUT2D eigenvalue weighted by molar-refractivity contribution is -0.139. The smallest absolute Gasteiger partial charge is 0.295 e. The van der Waals surface area contributed by atoms with Gasteiger partial charge in [-0.15, -0.1) is 0 Å². The molecule has 0 spiro atoms. The highest BCUT2D eigenvalue weighted by Crippen LogP contribution is 2.42. The Kier molecular flexibility index (Phi) is 8.79. The summed E-state index contributed by atoms with van der Waals surface area (Å²) in [7, 11) is 3.90.